The molecule has 8 nitrogen and oxygen atoms in total. The molecule has 3 rings (SSSR count). The Balaban J connectivity index is 1.59. The van der Waals surface area contributed by atoms with Crippen LogP contribution >= 0.6 is 0 Å². The van der Waals surface area contributed by atoms with Gasteiger partial charge in [-0.25, -0.2) is 4.79 Å². The van der Waals surface area contributed by atoms with E-state index in [2.05, 4.69) is 17.4 Å². The van der Waals surface area contributed by atoms with Gasteiger partial charge in [0.1, 0.15) is 13.2 Å². The summed E-state index contributed by atoms with van der Waals surface area (Å²) < 4.78 is 10.5. The van der Waals surface area contributed by atoms with Crippen molar-refractivity contribution in [1.82, 2.24) is 10.2 Å². The van der Waals surface area contributed by atoms with E-state index in [0.29, 0.717) is 12.8 Å². The average molecular weight is 469 g/mol. The highest BCUT2D eigenvalue weighted by Gasteiger charge is 2.30. The Morgan fingerprint density at radius 1 is 1.06 bits per heavy atom. The van der Waals surface area contributed by atoms with Gasteiger partial charge in [0, 0.05) is 26.1 Å². The number of rotatable bonds is 12. The summed E-state index contributed by atoms with van der Waals surface area (Å²) in [5.74, 6) is -2.00. The highest BCUT2D eigenvalue weighted by molar-refractivity contribution is 5.84. The van der Waals surface area contributed by atoms with Crippen molar-refractivity contribution < 1.29 is 29.0 Å². The van der Waals surface area contributed by atoms with Gasteiger partial charge >= 0.3 is 12.1 Å². The fourth-order valence-corrected chi connectivity index (χ4v) is 4.41. The Labute approximate surface area is 199 Å². The summed E-state index contributed by atoms with van der Waals surface area (Å²) in [5, 5.41) is 11.8. The van der Waals surface area contributed by atoms with E-state index in [-0.39, 0.29) is 38.1 Å². The molecule has 8 heteroatoms. The van der Waals surface area contributed by atoms with Crippen LogP contribution in [0, 0.1) is 5.92 Å². The molecule has 182 valence electrons. The summed E-state index contributed by atoms with van der Waals surface area (Å²) in [7, 11) is 1.49. The highest BCUT2D eigenvalue weighted by Crippen LogP contribution is 2.44. The van der Waals surface area contributed by atoms with Crippen molar-refractivity contribution in [3.8, 4) is 11.1 Å². The molecule has 2 aromatic carbocycles. The summed E-state index contributed by atoms with van der Waals surface area (Å²) >= 11 is 0. The number of methoxy groups -OCH3 is 1. The summed E-state index contributed by atoms with van der Waals surface area (Å²) in [6, 6.07) is 16.2. The van der Waals surface area contributed by atoms with Gasteiger partial charge in [-0.1, -0.05) is 61.9 Å². The first-order valence-corrected chi connectivity index (χ1v) is 11.5. The molecule has 1 atom stereocenters. The number of alkyl carbamates (subject to hydrolysis) is 1. The van der Waals surface area contributed by atoms with Crippen molar-refractivity contribution in [2.24, 2.45) is 5.92 Å². The summed E-state index contributed by atoms with van der Waals surface area (Å²) in [6.07, 6.45) is 0.636. The first-order valence-electron chi connectivity index (χ1n) is 11.5. The van der Waals surface area contributed by atoms with Crippen molar-refractivity contribution >= 4 is 18.0 Å². The number of hydrogen-bond donors (Lipinski definition) is 2. The molecule has 0 heterocycles. The van der Waals surface area contributed by atoms with E-state index < -0.39 is 24.5 Å². The molecule has 1 aliphatic rings. The van der Waals surface area contributed by atoms with Crippen molar-refractivity contribution in [1.29, 1.82) is 0 Å². The number of ether oxygens (including phenoxy) is 2. The fourth-order valence-electron chi connectivity index (χ4n) is 4.41. The van der Waals surface area contributed by atoms with Crippen LogP contribution < -0.4 is 5.32 Å². The number of carbonyl (C=O) groups is 3. The standard InChI is InChI=1S/C26H32N2O6/c1-3-8-18(25(31)28(13-14-33-2)16-24(29)30)15-27-26(32)34-17-23-21-11-6-4-9-19(21)20-10-5-7-12-22(20)23/h4-7,9-12,18,23H,3,8,13-17H2,1-2H3,(H,27,32)(H,29,30). The van der Waals surface area contributed by atoms with Gasteiger partial charge in [0.05, 0.1) is 12.5 Å². The molecule has 2 N–H and O–H groups in total. The zero-order valence-corrected chi connectivity index (χ0v) is 19.7. The maximum Gasteiger partial charge on any atom is 0.407 e. The third kappa shape index (κ3) is 6.14. The van der Waals surface area contributed by atoms with E-state index in [4.69, 9.17) is 14.6 Å². The maximum absolute atomic E-state index is 12.9. The van der Waals surface area contributed by atoms with E-state index >= 15 is 0 Å². The summed E-state index contributed by atoms with van der Waals surface area (Å²) in [6.45, 7) is 2.19. The molecule has 2 amide bonds. The Morgan fingerprint density at radius 3 is 2.24 bits per heavy atom. The Hall–Kier alpha value is -3.39. The fraction of sp³-hybridized carbons (Fsp3) is 0.423. The van der Waals surface area contributed by atoms with Gasteiger partial charge in [-0.2, -0.15) is 0 Å². The third-order valence-electron chi connectivity index (χ3n) is 6.03. The minimum absolute atomic E-state index is 0.0497. The van der Waals surface area contributed by atoms with Crippen molar-refractivity contribution in [3.05, 3.63) is 59.7 Å². The minimum Gasteiger partial charge on any atom is -0.480 e. The van der Waals surface area contributed by atoms with Crippen LogP contribution in [0.3, 0.4) is 0 Å². The molecular weight excluding hydrogens is 436 g/mol. The smallest absolute Gasteiger partial charge is 0.407 e. The van der Waals surface area contributed by atoms with Gasteiger partial charge in [0.15, 0.2) is 0 Å². The Morgan fingerprint density at radius 2 is 1.68 bits per heavy atom. The number of amides is 2. The van der Waals surface area contributed by atoms with E-state index in [0.717, 1.165) is 22.3 Å². The number of nitrogens with one attached hydrogen (secondary N) is 1. The predicted molar refractivity (Wildman–Crippen MR) is 128 cm³/mol. The van der Waals surface area contributed by atoms with E-state index in [9.17, 15) is 14.4 Å². The number of aliphatic carboxylic acids is 1. The quantitative estimate of drug-likeness (QED) is 0.494. The Kier molecular flexibility index (Phi) is 9.04. The van der Waals surface area contributed by atoms with Gasteiger partial charge < -0.3 is 24.8 Å². The van der Waals surface area contributed by atoms with Crippen LogP contribution in [0.15, 0.2) is 48.5 Å². The van der Waals surface area contributed by atoms with Crippen molar-refractivity contribution in [2.45, 2.75) is 25.7 Å². The topological polar surface area (TPSA) is 105 Å². The first kappa shape index (κ1) is 25.2. The minimum atomic E-state index is -1.09. The lowest BCUT2D eigenvalue weighted by Crippen LogP contribution is -2.45. The SMILES string of the molecule is CCCC(CNC(=O)OCC1c2ccccc2-c2ccccc21)C(=O)N(CCOC)CC(=O)O. The lowest BCUT2D eigenvalue weighted by Gasteiger charge is -2.26. The number of fused-ring (bicyclic) bond motifs is 3. The lowest BCUT2D eigenvalue weighted by atomic mass is 9.98. The molecule has 0 spiro atoms. The second-order valence-corrected chi connectivity index (χ2v) is 8.34. The number of hydrogen-bond acceptors (Lipinski definition) is 5. The first-order chi connectivity index (χ1) is 16.5. The zero-order valence-electron chi connectivity index (χ0n) is 19.7. The summed E-state index contributed by atoms with van der Waals surface area (Å²) in [5.41, 5.74) is 4.54. The second kappa shape index (κ2) is 12.2. The van der Waals surface area contributed by atoms with Crippen LogP contribution in [0.2, 0.25) is 0 Å². The molecule has 0 radical (unpaired) electrons. The molecule has 0 saturated carbocycles. The van der Waals surface area contributed by atoms with Gasteiger partial charge in [-0.05, 0) is 28.7 Å². The molecule has 0 bridgehead atoms. The van der Waals surface area contributed by atoms with E-state index in [1.807, 2.05) is 43.3 Å². The molecular formula is C26H32N2O6. The number of benzene rings is 2. The molecule has 0 aliphatic heterocycles. The normalized spacial score (nSPS) is 13.0. The van der Waals surface area contributed by atoms with Crippen molar-refractivity contribution in [2.75, 3.05) is 40.0 Å². The van der Waals surface area contributed by atoms with Crippen LogP contribution in [0.5, 0.6) is 0 Å². The largest absolute Gasteiger partial charge is 0.480 e. The van der Waals surface area contributed by atoms with Gasteiger partial charge in [-0.3, -0.25) is 9.59 Å². The molecule has 0 saturated heterocycles. The molecule has 1 unspecified atom stereocenters. The average Bonchev–Trinajstić information content (AvgIpc) is 3.16. The number of carbonyl (C=O) groups excluding carboxylic acids is 2. The van der Waals surface area contributed by atoms with E-state index in [1.165, 1.54) is 12.0 Å². The van der Waals surface area contributed by atoms with Crippen LogP contribution in [-0.4, -0.2) is 67.9 Å². The molecule has 0 aromatic heterocycles. The van der Waals surface area contributed by atoms with E-state index in [1.54, 1.807) is 0 Å². The van der Waals surface area contributed by atoms with Crippen LogP contribution in [0.25, 0.3) is 11.1 Å². The monoisotopic (exact) mass is 468 g/mol. The van der Waals surface area contributed by atoms with Gasteiger partial charge in [-0.15, -0.1) is 0 Å². The highest BCUT2D eigenvalue weighted by atomic mass is 16.5. The van der Waals surface area contributed by atoms with Gasteiger partial charge in [0.2, 0.25) is 5.91 Å². The number of carboxylic acid groups (broad SMARTS) is 1. The predicted octanol–water partition coefficient (Wildman–Crippen LogP) is 3.50. The molecule has 1 aliphatic carbocycles. The third-order valence-corrected chi connectivity index (χ3v) is 6.03. The number of carboxylic acids is 1. The number of nitrogens with zero attached hydrogens (tertiary/aromatic N) is 1. The van der Waals surface area contributed by atoms with Crippen LogP contribution in [-0.2, 0) is 19.1 Å². The van der Waals surface area contributed by atoms with Gasteiger partial charge in [0.25, 0.3) is 0 Å². The van der Waals surface area contributed by atoms with Crippen LogP contribution in [0.1, 0.15) is 36.8 Å². The molecule has 0 fully saturated rings. The summed E-state index contributed by atoms with van der Waals surface area (Å²) in [4.78, 5) is 37.9. The zero-order chi connectivity index (χ0) is 24.5. The molecule has 34 heavy (non-hydrogen) atoms. The van der Waals surface area contributed by atoms with Crippen molar-refractivity contribution in [3.63, 3.8) is 0 Å². The Bertz CT molecular complexity index is 963. The maximum atomic E-state index is 12.9. The molecule has 2 aromatic rings. The lowest BCUT2D eigenvalue weighted by molar-refractivity contribution is -0.146. The second-order valence-electron chi connectivity index (χ2n) is 8.34. The van der Waals surface area contributed by atoms with Crippen LogP contribution in [0.4, 0.5) is 4.79 Å².